The van der Waals surface area contributed by atoms with Gasteiger partial charge in [-0.05, 0) is 39.2 Å². The molecule has 0 aromatic carbocycles. The van der Waals surface area contributed by atoms with Gasteiger partial charge in [-0.2, -0.15) is 0 Å². The smallest absolute Gasteiger partial charge is 0.242 e. The van der Waals surface area contributed by atoms with Crippen molar-refractivity contribution in [3.63, 3.8) is 0 Å². The van der Waals surface area contributed by atoms with Crippen LogP contribution < -0.4 is 5.32 Å². The maximum absolute atomic E-state index is 12.1. The first-order valence-electron chi connectivity index (χ1n) is 6.05. The number of aliphatic hydroxyl groups excluding tert-OH is 1. The second-order valence-corrected chi connectivity index (χ2v) is 5.33. The maximum Gasteiger partial charge on any atom is 0.242 e. The van der Waals surface area contributed by atoms with Crippen LogP contribution in [0.1, 0.15) is 33.6 Å². The molecule has 16 heavy (non-hydrogen) atoms. The maximum atomic E-state index is 12.1. The summed E-state index contributed by atoms with van der Waals surface area (Å²) in [4.78, 5) is 13.9. The second-order valence-electron chi connectivity index (χ2n) is 5.33. The standard InChI is InChI=1S/C12H24N2O2/c1-5-13-12(2,3)11(16)14(4)8-9-6-10(15)7-9/h9-10,13,15H,5-8H2,1-4H3. The summed E-state index contributed by atoms with van der Waals surface area (Å²) < 4.78 is 0. The lowest BCUT2D eigenvalue weighted by Gasteiger charge is -2.37. The van der Waals surface area contributed by atoms with E-state index in [4.69, 9.17) is 0 Å². The van der Waals surface area contributed by atoms with Gasteiger partial charge in [0.15, 0.2) is 0 Å². The average Bonchev–Trinajstić information content (AvgIpc) is 2.14. The van der Waals surface area contributed by atoms with Crippen molar-refractivity contribution < 1.29 is 9.90 Å². The van der Waals surface area contributed by atoms with Crippen LogP contribution in [0.25, 0.3) is 0 Å². The normalized spacial score (nSPS) is 25.1. The predicted octanol–water partition coefficient (Wildman–Crippen LogP) is 0.604. The van der Waals surface area contributed by atoms with Crippen LogP contribution in [0.2, 0.25) is 0 Å². The number of likely N-dealkylation sites (N-methyl/N-ethyl adjacent to an activating group) is 2. The molecular formula is C12H24N2O2. The molecule has 1 rings (SSSR count). The molecule has 0 saturated heterocycles. The molecule has 1 amide bonds. The zero-order valence-corrected chi connectivity index (χ0v) is 10.8. The highest BCUT2D eigenvalue weighted by molar-refractivity contribution is 5.85. The third-order valence-electron chi connectivity index (χ3n) is 3.24. The van der Waals surface area contributed by atoms with Crippen LogP contribution in [0.3, 0.4) is 0 Å². The van der Waals surface area contributed by atoms with Gasteiger partial charge in [0.1, 0.15) is 0 Å². The molecule has 4 nitrogen and oxygen atoms in total. The van der Waals surface area contributed by atoms with Gasteiger partial charge in [-0.15, -0.1) is 0 Å². The molecule has 0 heterocycles. The number of aliphatic hydroxyl groups is 1. The molecule has 0 radical (unpaired) electrons. The van der Waals surface area contributed by atoms with Crippen molar-refractivity contribution in [1.29, 1.82) is 0 Å². The summed E-state index contributed by atoms with van der Waals surface area (Å²) >= 11 is 0. The molecule has 0 aromatic heterocycles. The Balaban J connectivity index is 2.40. The minimum absolute atomic E-state index is 0.121. The molecule has 0 aromatic rings. The zero-order valence-electron chi connectivity index (χ0n) is 10.8. The molecule has 0 spiro atoms. The van der Waals surface area contributed by atoms with E-state index in [-0.39, 0.29) is 12.0 Å². The minimum Gasteiger partial charge on any atom is -0.393 e. The Kier molecular flexibility index (Phi) is 4.33. The van der Waals surface area contributed by atoms with E-state index < -0.39 is 5.54 Å². The molecule has 1 fully saturated rings. The number of carbonyl (C=O) groups excluding carboxylic acids is 1. The van der Waals surface area contributed by atoms with Crippen molar-refractivity contribution in [2.45, 2.75) is 45.3 Å². The van der Waals surface area contributed by atoms with Gasteiger partial charge < -0.3 is 15.3 Å². The largest absolute Gasteiger partial charge is 0.393 e. The van der Waals surface area contributed by atoms with Gasteiger partial charge in [0.25, 0.3) is 0 Å². The predicted molar refractivity (Wildman–Crippen MR) is 64.1 cm³/mol. The van der Waals surface area contributed by atoms with Gasteiger partial charge in [0, 0.05) is 13.6 Å². The first-order chi connectivity index (χ1) is 7.36. The van der Waals surface area contributed by atoms with Crippen molar-refractivity contribution in [3.05, 3.63) is 0 Å². The van der Waals surface area contributed by atoms with E-state index in [2.05, 4.69) is 5.32 Å². The van der Waals surface area contributed by atoms with Crippen molar-refractivity contribution in [2.75, 3.05) is 20.1 Å². The molecule has 2 N–H and O–H groups in total. The van der Waals surface area contributed by atoms with Crippen molar-refractivity contribution in [3.8, 4) is 0 Å². The van der Waals surface area contributed by atoms with Crippen molar-refractivity contribution in [1.82, 2.24) is 10.2 Å². The number of nitrogens with zero attached hydrogens (tertiary/aromatic N) is 1. The van der Waals surface area contributed by atoms with E-state index in [1.807, 2.05) is 27.8 Å². The van der Waals surface area contributed by atoms with E-state index in [9.17, 15) is 9.90 Å². The van der Waals surface area contributed by atoms with Gasteiger partial charge in [-0.3, -0.25) is 4.79 Å². The summed E-state index contributed by atoms with van der Waals surface area (Å²) in [5.74, 6) is 0.595. The zero-order chi connectivity index (χ0) is 12.3. The Hall–Kier alpha value is -0.610. The van der Waals surface area contributed by atoms with Crippen LogP contribution in [-0.2, 0) is 4.79 Å². The molecule has 4 heteroatoms. The van der Waals surface area contributed by atoms with Gasteiger partial charge in [-0.25, -0.2) is 0 Å². The highest BCUT2D eigenvalue weighted by Crippen LogP contribution is 2.28. The van der Waals surface area contributed by atoms with Crippen LogP contribution in [-0.4, -0.2) is 47.7 Å². The number of rotatable bonds is 5. The molecule has 0 bridgehead atoms. The van der Waals surface area contributed by atoms with Crippen molar-refractivity contribution in [2.24, 2.45) is 5.92 Å². The Morgan fingerprint density at radius 1 is 1.50 bits per heavy atom. The van der Waals surface area contributed by atoms with E-state index >= 15 is 0 Å². The summed E-state index contributed by atoms with van der Waals surface area (Å²) in [5, 5.41) is 12.4. The number of carbonyl (C=O) groups is 1. The van der Waals surface area contributed by atoms with Crippen LogP contribution in [0.4, 0.5) is 0 Å². The second kappa shape index (κ2) is 5.15. The molecule has 0 unspecified atom stereocenters. The summed E-state index contributed by atoms with van der Waals surface area (Å²) in [6, 6.07) is 0. The topological polar surface area (TPSA) is 52.6 Å². The lowest BCUT2D eigenvalue weighted by atomic mass is 9.82. The number of hydrogen-bond acceptors (Lipinski definition) is 3. The SMILES string of the molecule is CCNC(C)(C)C(=O)N(C)CC1CC(O)C1. The number of nitrogens with one attached hydrogen (secondary N) is 1. The molecular weight excluding hydrogens is 204 g/mol. The minimum atomic E-state index is -0.494. The summed E-state index contributed by atoms with van der Waals surface area (Å²) in [5.41, 5.74) is -0.494. The Morgan fingerprint density at radius 3 is 2.50 bits per heavy atom. The summed E-state index contributed by atoms with van der Waals surface area (Å²) in [6.07, 6.45) is 1.52. The van der Waals surface area contributed by atoms with Gasteiger partial charge in [-0.1, -0.05) is 6.92 Å². The first-order valence-corrected chi connectivity index (χ1v) is 6.05. The fraction of sp³-hybridized carbons (Fsp3) is 0.917. The number of hydrogen-bond donors (Lipinski definition) is 2. The van der Waals surface area contributed by atoms with E-state index in [1.165, 1.54) is 0 Å². The van der Waals surface area contributed by atoms with Crippen LogP contribution in [0, 0.1) is 5.92 Å². The lowest BCUT2D eigenvalue weighted by Crippen LogP contribution is -2.54. The van der Waals surface area contributed by atoms with Gasteiger partial charge in [0.05, 0.1) is 11.6 Å². The number of amides is 1. The van der Waals surface area contributed by atoms with Crippen LogP contribution in [0.15, 0.2) is 0 Å². The third kappa shape index (κ3) is 3.19. The Labute approximate surface area is 98.0 Å². The van der Waals surface area contributed by atoms with Gasteiger partial charge >= 0.3 is 0 Å². The van der Waals surface area contributed by atoms with E-state index in [0.717, 1.165) is 25.9 Å². The van der Waals surface area contributed by atoms with Gasteiger partial charge in [0.2, 0.25) is 5.91 Å². The highest BCUT2D eigenvalue weighted by atomic mass is 16.3. The quantitative estimate of drug-likeness (QED) is 0.724. The molecule has 1 saturated carbocycles. The summed E-state index contributed by atoms with van der Waals surface area (Å²) in [7, 11) is 1.84. The summed E-state index contributed by atoms with van der Waals surface area (Å²) in [6.45, 7) is 7.35. The Bertz CT molecular complexity index is 247. The molecule has 1 aliphatic carbocycles. The molecule has 0 aliphatic heterocycles. The lowest BCUT2D eigenvalue weighted by molar-refractivity contribution is -0.137. The molecule has 1 aliphatic rings. The van der Waals surface area contributed by atoms with E-state index in [1.54, 1.807) is 4.90 Å². The molecule has 0 atom stereocenters. The fourth-order valence-corrected chi connectivity index (χ4v) is 2.31. The molecule has 94 valence electrons. The van der Waals surface area contributed by atoms with E-state index in [0.29, 0.717) is 5.92 Å². The third-order valence-corrected chi connectivity index (χ3v) is 3.24. The van der Waals surface area contributed by atoms with Crippen LogP contribution in [0.5, 0.6) is 0 Å². The Morgan fingerprint density at radius 2 is 2.06 bits per heavy atom. The first kappa shape index (κ1) is 13.5. The fourth-order valence-electron chi connectivity index (χ4n) is 2.31. The monoisotopic (exact) mass is 228 g/mol. The highest BCUT2D eigenvalue weighted by Gasteiger charge is 2.33. The van der Waals surface area contributed by atoms with Crippen molar-refractivity contribution >= 4 is 5.91 Å². The van der Waals surface area contributed by atoms with Crippen LogP contribution >= 0.6 is 0 Å². The average molecular weight is 228 g/mol.